The number of carboxylic acids is 1. The predicted molar refractivity (Wildman–Crippen MR) is 108 cm³/mol. The van der Waals surface area contributed by atoms with Crippen LogP contribution in [0.15, 0.2) is 34.2 Å². The highest BCUT2D eigenvalue weighted by molar-refractivity contribution is 6.41. The van der Waals surface area contributed by atoms with E-state index in [0.717, 1.165) is 25.7 Å². The van der Waals surface area contributed by atoms with Gasteiger partial charge in [-0.25, -0.2) is 9.78 Å². The van der Waals surface area contributed by atoms with Crippen molar-refractivity contribution >= 4 is 28.6 Å². The Kier molecular flexibility index (Phi) is 5.49. The van der Waals surface area contributed by atoms with Gasteiger partial charge in [0.25, 0.3) is 11.5 Å². The minimum absolute atomic E-state index is 0.0812. The van der Waals surface area contributed by atoms with E-state index in [1.165, 1.54) is 6.42 Å². The van der Waals surface area contributed by atoms with Crippen molar-refractivity contribution in [2.75, 3.05) is 6.61 Å². The number of nitrogens with one attached hydrogen (secondary N) is 1. The van der Waals surface area contributed by atoms with Crippen molar-refractivity contribution < 1.29 is 19.5 Å². The number of oxime groups is 1. The summed E-state index contributed by atoms with van der Waals surface area (Å²) in [6, 6.07) is 7.71. The van der Waals surface area contributed by atoms with E-state index >= 15 is 0 Å². The monoisotopic (exact) mass is 413 g/mol. The Labute approximate surface area is 171 Å². The average Bonchev–Trinajstić information content (AvgIpc) is 2.70. The van der Waals surface area contributed by atoms with Crippen LogP contribution < -0.4 is 16.6 Å². The molecule has 2 aliphatic rings. The summed E-state index contributed by atoms with van der Waals surface area (Å²) in [4.78, 5) is 45.1. The van der Waals surface area contributed by atoms with Crippen LogP contribution in [-0.2, 0) is 14.4 Å². The van der Waals surface area contributed by atoms with Crippen molar-refractivity contribution in [2.24, 2.45) is 10.9 Å². The number of nitrogens with two attached hydrogens (primary N) is 1. The predicted octanol–water partition coefficient (Wildman–Crippen LogP) is 0.533. The summed E-state index contributed by atoms with van der Waals surface area (Å²) in [6.45, 7) is -0.601. The Bertz CT molecular complexity index is 1070. The molecule has 2 fully saturated rings. The van der Waals surface area contributed by atoms with Crippen LogP contribution in [0, 0.1) is 0 Å². The highest BCUT2D eigenvalue weighted by Crippen LogP contribution is 2.33. The molecule has 0 saturated carbocycles. The van der Waals surface area contributed by atoms with Gasteiger partial charge in [-0.15, -0.1) is 0 Å². The number of nitrogens with zero attached hydrogens (tertiary/aromatic N) is 3. The Morgan fingerprint density at radius 3 is 2.63 bits per heavy atom. The van der Waals surface area contributed by atoms with Crippen molar-refractivity contribution in [3.05, 3.63) is 40.3 Å². The minimum Gasteiger partial charge on any atom is -0.476 e. The first kappa shape index (κ1) is 20.0. The molecule has 10 heteroatoms. The molecule has 2 aliphatic heterocycles. The number of amides is 1. The maximum Gasteiger partial charge on any atom is 0.360 e. The molecule has 0 spiro atoms. The van der Waals surface area contributed by atoms with Gasteiger partial charge in [-0.1, -0.05) is 23.7 Å². The van der Waals surface area contributed by atoms with Gasteiger partial charge in [0.05, 0.1) is 11.0 Å². The second kappa shape index (κ2) is 8.23. The number of fused-ring (bicyclic) bond motifs is 3. The molecule has 0 radical (unpaired) electrons. The normalized spacial score (nSPS) is 23.9. The molecule has 0 aliphatic carbocycles. The molecule has 10 nitrogen and oxygen atoms in total. The van der Waals surface area contributed by atoms with E-state index in [1.807, 2.05) is 12.1 Å². The van der Waals surface area contributed by atoms with E-state index in [1.54, 1.807) is 16.7 Å². The first-order valence-electron chi connectivity index (χ1n) is 9.93. The molecule has 30 heavy (non-hydrogen) atoms. The van der Waals surface area contributed by atoms with Crippen LogP contribution in [0.1, 0.15) is 43.8 Å². The number of carboxylic acid groups (broad SMARTS) is 1. The van der Waals surface area contributed by atoms with Crippen molar-refractivity contribution in [1.29, 1.82) is 0 Å². The molecule has 3 heterocycles. The van der Waals surface area contributed by atoms with Crippen molar-refractivity contribution in [3.8, 4) is 0 Å². The summed E-state index contributed by atoms with van der Waals surface area (Å²) in [5, 5.41) is 16.7. The third kappa shape index (κ3) is 3.90. The standard InChI is InChI=1S/C20H23N5O5/c21-16(26)10-30-24-18(20(28)29)17-19(27)25(15-7-2-1-6-14(15)23-17)13-8-11-4-3-5-12(9-13)22-11/h1-2,6-7,11-13,22H,3-5,8-10H2,(H2,21,26)(H,28,29)/b24-18-. The summed E-state index contributed by atoms with van der Waals surface area (Å²) < 4.78 is 1.65. The van der Waals surface area contributed by atoms with Crippen LogP contribution in [0.5, 0.6) is 0 Å². The first-order valence-corrected chi connectivity index (χ1v) is 9.93. The van der Waals surface area contributed by atoms with Gasteiger partial charge in [0, 0.05) is 18.1 Å². The quantitative estimate of drug-likeness (QED) is 0.462. The summed E-state index contributed by atoms with van der Waals surface area (Å²) in [5.41, 5.74) is 4.61. The number of benzene rings is 1. The van der Waals surface area contributed by atoms with Gasteiger partial charge in [-0.3, -0.25) is 9.59 Å². The van der Waals surface area contributed by atoms with Gasteiger partial charge in [0.15, 0.2) is 12.3 Å². The van der Waals surface area contributed by atoms with E-state index < -0.39 is 29.8 Å². The third-order valence-corrected chi connectivity index (χ3v) is 5.64. The van der Waals surface area contributed by atoms with E-state index in [9.17, 15) is 19.5 Å². The molecule has 1 aromatic carbocycles. The smallest absolute Gasteiger partial charge is 0.360 e. The summed E-state index contributed by atoms with van der Waals surface area (Å²) in [6.07, 6.45) is 4.84. The third-order valence-electron chi connectivity index (χ3n) is 5.64. The van der Waals surface area contributed by atoms with Crippen molar-refractivity contribution in [1.82, 2.24) is 14.9 Å². The Morgan fingerprint density at radius 1 is 1.27 bits per heavy atom. The van der Waals surface area contributed by atoms with E-state index in [-0.39, 0.29) is 11.7 Å². The summed E-state index contributed by atoms with van der Waals surface area (Å²) in [5.74, 6) is -2.29. The molecular formula is C20H23N5O5. The van der Waals surface area contributed by atoms with Crippen LogP contribution in [0.4, 0.5) is 0 Å². The lowest BCUT2D eigenvalue weighted by Crippen LogP contribution is -2.50. The highest BCUT2D eigenvalue weighted by Gasteiger charge is 2.34. The number of hydrogen-bond acceptors (Lipinski definition) is 7. The number of carbonyl (C=O) groups is 2. The molecule has 2 bridgehead atoms. The number of aromatic nitrogens is 2. The zero-order chi connectivity index (χ0) is 21.3. The SMILES string of the molecule is NC(=O)CO/N=C(\C(=O)O)c1nc2ccccc2n(C2CC3CCCC(C2)N3)c1=O. The fraction of sp³-hybridized carbons (Fsp3) is 0.450. The largest absolute Gasteiger partial charge is 0.476 e. The number of piperidine rings is 2. The van der Waals surface area contributed by atoms with Gasteiger partial charge in [-0.2, -0.15) is 0 Å². The maximum absolute atomic E-state index is 13.4. The summed E-state index contributed by atoms with van der Waals surface area (Å²) in [7, 11) is 0. The fourth-order valence-electron chi connectivity index (χ4n) is 4.46. The molecule has 158 valence electrons. The van der Waals surface area contributed by atoms with Gasteiger partial charge in [-0.05, 0) is 37.8 Å². The average molecular weight is 413 g/mol. The maximum atomic E-state index is 13.4. The molecule has 2 aromatic rings. The minimum atomic E-state index is -1.48. The van der Waals surface area contributed by atoms with E-state index in [0.29, 0.717) is 23.1 Å². The Hall–Kier alpha value is -3.27. The second-order valence-corrected chi connectivity index (χ2v) is 7.73. The fourth-order valence-corrected chi connectivity index (χ4v) is 4.46. The molecular weight excluding hydrogens is 390 g/mol. The Balaban J connectivity index is 1.84. The van der Waals surface area contributed by atoms with Gasteiger partial charge >= 0.3 is 5.97 Å². The van der Waals surface area contributed by atoms with Gasteiger partial charge < -0.3 is 25.6 Å². The molecule has 2 unspecified atom stereocenters. The zero-order valence-corrected chi connectivity index (χ0v) is 16.3. The lowest BCUT2D eigenvalue weighted by atomic mass is 9.84. The molecule has 2 saturated heterocycles. The van der Waals surface area contributed by atoms with E-state index in [2.05, 4.69) is 15.5 Å². The van der Waals surface area contributed by atoms with Crippen LogP contribution in [-0.4, -0.2) is 50.9 Å². The first-order chi connectivity index (χ1) is 14.4. The van der Waals surface area contributed by atoms with Crippen LogP contribution in [0.3, 0.4) is 0 Å². The molecule has 1 aromatic heterocycles. The number of carbonyl (C=O) groups excluding carboxylic acids is 1. The Morgan fingerprint density at radius 2 is 1.97 bits per heavy atom. The van der Waals surface area contributed by atoms with E-state index in [4.69, 9.17) is 10.6 Å². The number of aliphatic carboxylic acids is 1. The molecule has 2 atom stereocenters. The van der Waals surface area contributed by atoms with Crippen LogP contribution in [0.25, 0.3) is 11.0 Å². The zero-order valence-electron chi connectivity index (χ0n) is 16.3. The molecule has 1 amide bonds. The number of primary amides is 1. The van der Waals surface area contributed by atoms with Crippen LogP contribution in [0.2, 0.25) is 0 Å². The topological polar surface area (TPSA) is 149 Å². The number of para-hydroxylation sites is 2. The molecule has 4 rings (SSSR count). The lowest BCUT2D eigenvalue weighted by Gasteiger charge is -2.41. The van der Waals surface area contributed by atoms with Crippen LogP contribution >= 0.6 is 0 Å². The summed E-state index contributed by atoms with van der Waals surface area (Å²) >= 11 is 0. The van der Waals surface area contributed by atoms with Gasteiger partial charge in [0.2, 0.25) is 5.71 Å². The number of rotatable bonds is 6. The van der Waals surface area contributed by atoms with Crippen molar-refractivity contribution in [2.45, 2.75) is 50.2 Å². The highest BCUT2D eigenvalue weighted by atomic mass is 16.6. The number of hydrogen-bond donors (Lipinski definition) is 3. The second-order valence-electron chi connectivity index (χ2n) is 7.73. The lowest BCUT2D eigenvalue weighted by molar-refractivity contribution is -0.130. The molecule has 4 N–H and O–H groups in total. The van der Waals surface area contributed by atoms with Gasteiger partial charge in [0.1, 0.15) is 0 Å². The van der Waals surface area contributed by atoms with Crippen molar-refractivity contribution in [3.63, 3.8) is 0 Å².